The number of hydrogen-bond acceptors (Lipinski definition) is 4. The van der Waals surface area contributed by atoms with E-state index < -0.39 is 6.10 Å². The quantitative estimate of drug-likeness (QED) is 0.698. The van der Waals surface area contributed by atoms with E-state index in [2.05, 4.69) is 11.6 Å². The molecule has 0 aliphatic carbocycles. The lowest BCUT2D eigenvalue weighted by Crippen LogP contribution is -2.22. The van der Waals surface area contributed by atoms with Crippen molar-refractivity contribution in [3.63, 3.8) is 0 Å². The number of aliphatic hydroxyl groups excluding tert-OH is 1. The van der Waals surface area contributed by atoms with Crippen LogP contribution in [-0.4, -0.2) is 37.3 Å². The number of aliphatic hydroxyl groups is 1. The zero-order valence-electron chi connectivity index (χ0n) is 10.5. The maximum atomic E-state index is 9.97. The molecule has 0 heterocycles. The number of thioether (sulfide) groups is 1. The second kappa shape index (κ2) is 8.39. The average Bonchev–Trinajstić information content (AvgIpc) is 2.38. The molecule has 0 spiro atoms. The van der Waals surface area contributed by atoms with E-state index in [1.54, 1.807) is 7.11 Å². The van der Waals surface area contributed by atoms with E-state index in [0.29, 0.717) is 6.54 Å². The second-order valence-electron chi connectivity index (χ2n) is 3.84. The molecule has 0 aliphatic rings. The smallest absolute Gasteiger partial charge is 0.119 e. The fraction of sp³-hybridized carbons (Fsp3) is 0.538. The molecule has 0 aliphatic heterocycles. The van der Waals surface area contributed by atoms with Gasteiger partial charge in [-0.25, -0.2) is 0 Å². The van der Waals surface area contributed by atoms with E-state index in [9.17, 15) is 5.11 Å². The average molecular weight is 255 g/mol. The van der Waals surface area contributed by atoms with Crippen molar-refractivity contribution in [3.05, 3.63) is 29.8 Å². The zero-order valence-corrected chi connectivity index (χ0v) is 11.3. The summed E-state index contributed by atoms with van der Waals surface area (Å²) in [6.45, 7) is 1.53. The van der Waals surface area contributed by atoms with Crippen molar-refractivity contribution in [2.24, 2.45) is 0 Å². The fourth-order valence-corrected chi connectivity index (χ4v) is 1.98. The van der Waals surface area contributed by atoms with Crippen LogP contribution < -0.4 is 10.1 Å². The summed E-state index contributed by atoms with van der Waals surface area (Å²) in [6, 6.07) is 7.55. The molecule has 3 nitrogen and oxygen atoms in total. The van der Waals surface area contributed by atoms with Gasteiger partial charge in [-0.15, -0.1) is 0 Å². The minimum Gasteiger partial charge on any atom is -0.497 e. The lowest BCUT2D eigenvalue weighted by atomic mass is 10.1. The van der Waals surface area contributed by atoms with E-state index in [1.165, 1.54) is 0 Å². The van der Waals surface area contributed by atoms with Crippen LogP contribution in [0.15, 0.2) is 24.3 Å². The Balaban J connectivity index is 2.33. The van der Waals surface area contributed by atoms with Gasteiger partial charge in [0.2, 0.25) is 0 Å². The van der Waals surface area contributed by atoms with Gasteiger partial charge < -0.3 is 15.2 Å². The highest BCUT2D eigenvalue weighted by Crippen LogP contribution is 2.18. The molecule has 0 amide bonds. The minimum atomic E-state index is -0.473. The van der Waals surface area contributed by atoms with Gasteiger partial charge in [0, 0.05) is 6.54 Å². The highest BCUT2D eigenvalue weighted by Gasteiger charge is 2.07. The Bertz CT molecular complexity index is 320. The lowest BCUT2D eigenvalue weighted by Gasteiger charge is -2.13. The van der Waals surface area contributed by atoms with Crippen molar-refractivity contribution in [2.45, 2.75) is 12.5 Å². The molecule has 1 rings (SSSR count). The molecule has 1 aromatic carbocycles. The molecule has 0 bridgehead atoms. The first-order chi connectivity index (χ1) is 8.27. The van der Waals surface area contributed by atoms with Crippen LogP contribution in [0.25, 0.3) is 0 Å². The molecular formula is C13H21NO2S. The van der Waals surface area contributed by atoms with Gasteiger partial charge in [-0.1, -0.05) is 12.1 Å². The van der Waals surface area contributed by atoms with Crippen LogP contribution in [0.2, 0.25) is 0 Å². The Kier molecular flexibility index (Phi) is 7.08. The molecule has 96 valence electrons. The van der Waals surface area contributed by atoms with Crippen LogP contribution in [0.1, 0.15) is 18.1 Å². The van der Waals surface area contributed by atoms with Gasteiger partial charge in [0.25, 0.3) is 0 Å². The monoisotopic (exact) mass is 255 g/mol. The molecule has 0 saturated heterocycles. The molecule has 0 radical (unpaired) electrons. The summed E-state index contributed by atoms with van der Waals surface area (Å²) in [5.41, 5.74) is 0.890. The van der Waals surface area contributed by atoms with Crippen LogP contribution in [0, 0.1) is 0 Å². The van der Waals surface area contributed by atoms with Gasteiger partial charge in [0.05, 0.1) is 13.2 Å². The molecule has 1 unspecified atom stereocenters. The standard InChI is InChI=1S/C13H21NO2S/c1-16-12-6-3-5-11(9-12)13(15)10-14-7-4-8-17-2/h3,5-6,9,13-15H,4,7-8,10H2,1-2H3. The van der Waals surface area contributed by atoms with E-state index in [1.807, 2.05) is 36.0 Å². The predicted octanol–water partition coefficient (Wildman–Crippen LogP) is 2.07. The highest BCUT2D eigenvalue weighted by molar-refractivity contribution is 7.98. The molecule has 2 N–H and O–H groups in total. The Morgan fingerprint density at radius 1 is 1.47 bits per heavy atom. The first-order valence-electron chi connectivity index (χ1n) is 5.79. The molecule has 0 saturated carbocycles. The van der Waals surface area contributed by atoms with E-state index in [0.717, 1.165) is 30.0 Å². The van der Waals surface area contributed by atoms with Crippen LogP contribution in [-0.2, 0) is 0 Å². The lowest BCUT2D eigenvalue weighted by molar-refractivity contribution is 0.174. The number of benzene rings is 1. The first kappa shape index (κ1) is 14.4. The normalized spacial score (nSPS) is 12.4. The third-order valence-corrected chi connectivity index (χ3v) is 3.22. The maximum absolute atomic E-state index is 9.97. The number of hydrogen-bond donors (Lipinski definition) is 2. The van der Waals surface area contributed by atoms with Crippen molar-refractivity contribution in [1.82, 2.24) is 5.32 Å². The zero-order chi connectivity index (χ0) is 12.5. The van der Waals surface area contributed by atoms with Crippen molar-refractivity contribution < 1.29 is 9.84 Å². The Morgan fingerprint density at radius 3 is 3.00 bits per heavy atom. The topological polar surface area (TPSA) is 41.5 Å². The summed E-state index contributed by atoms with van der Waals surface area (Å²) in [7, 11) is 1.63. The van der Waals surface area contributed by atoms with E-state index in [4.69, 9.17) is 4.74 Å². The van der Waals surface area contributed by atoms with Crippen LogP contribution in [0.3, 0.4) is 0 Å². The number of methoxy groups -OCH3 is 1. The SMILES string of the molecule is COc1cccc(C(O)CNCCCSC)c1. The van der Waals surface area contributed by atoms with E-state index in [-0.39, 0.29) is 0 Å². The molecular weight excluding hydrogens is 234 g/mol. The third kappa shape index (κ3) is 5.44. The van der Waals surface area contributed by atoms with Gasteiger partial charge in [0.15, 0.2) is 0 Å². The molecule has 4 heteroatoms. The van der Waals surface area contributed by atoms with Gasteiger partial charge in [-0.05, 0) is 42.7 Å². The van der Waals surface area contributed by atoms with Crippen LogP contribution in [0.5, 0.6) is 5.75 Å². The van der Waals surface area contributed by atoms with Crippen molar-refractivity contribution in [1.29, 1.82) is 0 Å². The summed E-state index contributed by atoms with van der Waals surface area (Å²) < 4.78 is 5.13. The van der Waals surface area contributed by atoms with Crippen LogP contribution >= 0.6 is 11.8 Å². The molecule has 1 aromatic rings. The van der Waals surface area contributed by atoms with Gasteiger partial charge >= 0.3 is 0 Å². The fourth-order valence-electron chi connectivity index (χ4n) is 1.55. The molecule has 0 aromatic heterocycles. The van der Waals surface area contributed by atoms with E-state index >= 15 is 0 Å². The minimum absolute atomic E-state index is 0.473. The highest BCUT2D eigenvalue weighted by atomic mass is 32.2. The summed E-state index contributed by atoms with van der Waals surface area (Å²) >= 11 is 1.84. The number of ether oxygens (including phenoxy) is 1. The molecule has 0 fully saturated rings. The van der Waals surface area contributed by atoms with Crippen molar-refractivity contribution >= 4 is 11.8 Å². The summed E-state index contributed by atoms with van der Waals surface area (Å²) in [4.78, 5) is 0. The third-order valence-electron chi connectivity index (χ3n) is 2.52. The summed E-state index contributed by atoms with van der Waals surface area (Å²) in [5.74, 6) is 1.94. The Morgan fingerprint density at radius 2 is 2.29 bits per heavy atom. The summed E-state index contributed by atoms with van der Waals surface area (Å²) in [6.07, 6.45) is 2.76. The van der Waals surface area contributed by atoms with Crippen LogP contribution in [0.4, 0.5) is 0 Å². The Hall–Kier alpha value is -0.710. The van der Waals surface area contributed by atoms with Gasteiger partial charge in [-0.3, -0.25) is 0 Å². The van der Waals surface area contributed by atoms with Crippen molar-refractivity contribution in [2.75, 3.05) is 32.2 Å². The van der Waals surface area contributed by atoms with Gasteiger partial charge in [-0.2, -0.15) is 11.8 Å². The van der Waals surface area contributed by atoms with Gasteiger partial charge in [0.1, 0.15) is 5.75 Å². The molecule has 1 atom stereocenters. The summed E-state index contributed by atoms with van der Waals surface area (Å²) in [5, 5.41) is 13.2. The maximum Gasteiger partial charge on any atom is 0.119 e. The number of rotatable bonds is 8. The predicted molar refractivity (Wildman–Crippen MR) is 73.8 cm³/mol. The molecule has 17 heavy (non-hydrogen) atoms. The first-order valence-corrected chi connectivity index (χ1v) is 7.19. The number of nitrogens with one attached hydrogen (secondary N) is 1. The second-order valence-corrected chi connectivity index (χ2v) is 4.83. The Labute approximate surface area is 108 Å². The van der Waals surface area contributed by atoms with Crippen molar-refractivity contribution in [3.8, 4) is 5.75 Å². The largest absolute Gasteiger partial charge is 0.497 e.